The lowest BCUT2D eigenvalue weighted by Gasteiger charge is -2.07. The number of anilines is 3. The molecule has 0 aliphatic rings. The number of nitrogens with zero attached hydrogens (tertiary/aromatic N) is 1. The number of nitrogen functional groups attached to an aromatic ring is 1. The van der Waals surface area contributed by atoms with Crippen LogP contribution < -0.4 is 16.4 Å². The lowest BCUT2D eigenvalue weighted by molar-refractivity contribution is -0.136. The Morgan fingerprint density at radius 2 is 1.85 bits per heavy atom. The third-order valence-electron chi connectivity index (χ3n) is 3.32. The van der Waals surface area contributed by atoms with E-state index in [0.29, 0.717) is 27.6 Å². The molecular formula is C18H15ClN4O3. The molecule has 2 aromatic carbocycles. The van der Waals surface area contributed by atoms with Crippen molar-refractivity contribution in [3.63, 3.8) is 0 Å². The summed E-state index contributed by atoms with van der Waals surface area (Å²) in [6, 6.07) is 13.0. The van der Waals surface area contributed by atoms with Crippen LogP contribution in [0.15, 0.2) is 54.2 Å². The largest absolute Gasteiger partial charge is 0.481 e. The minimum Gasteiger partial charge on any atom is -0.481 e. The van der Waals surface area contributed by atoms with Crippen molar-refractivity contribution in [3.8, 4) is 6.07 Å². The summed E-state index contributed by atoms with van der Waals surface area (Å²) in [4.78, 5) is 22.8. The third kappa shape index (κ3) is 5.26. The van der Waals surface area contributed by atoms with Gasteiger partial charge in [-0.25, -0.2) is 0 Å². The molecule has 0 radical (unpaired) electrons. The molecule has 0 bridgehead atoms. The van der Waals surface area contributed by atoms with Crippen LogP contribution in [-0.2, 0) is 16.0 Å². The van der Waals surface area contributed by atoms with Crippen molar-refractivity contribution in [2.75, 3.05) is 16.4 Å². The number of hydrogen-bond acceptors (Lipinski definition) is 5. The molecule has 2 rings (SSSR count). The van der Waals surface area contributed by atoms with E-state index in [1.54, 1.807) is 42.5 Å². The Labute approximate surface area is 154 Å². The molecule has 7 nitrogen and oxygen atoms in total. The maximum absolute atomic E-state index is 12.2. The van der Waals surface area contributed by atoms with E-state index in [1.807, 2.05) is 0 Å². The van der Waals surface area contributed by atoms with Gasteiger partial charge in [0.05, 0.1) is 17.1 Å². The number of hydrogen-bond donors (Lipinski definition) is 4. The Morgan fingerprint density at radius 1 is 1.19 bits per heavy atom. The summed E-state index contributed by atoms with van der Waals surface area (Å²) < 4.78 is 0. The molecule has 0 aliphatic carbocycles. The van der Waals surface area contributed by atoms with Crippen molar-refractivity contribution in [1.82, 2.24) is 0 Å². The first-order valence-electron chi connectivity index (χ1n) is 7.43. The van der Waals surface area contributed by atoms with Crippen LogP contribution in [0.5, 0.6) is 0 Å². The summed E-state index contributed by atoms with van der Waals surface area (Å²) in [6.45, 7) is 0. The molecule has 0 saturated heterocycles. The van der Waals surface area contributed by atoms with Gasteiger partial charge in [-0.1, -0.05) is 23.7 Å². The normalized spacial score (nSPS) is 10.7. The monoisotopic (exact) mass is 370 g/mol. The molecule has 0 aromatic heterocycles. The molecule has 8 heteroatoms. The number of nitrogens with two attached hydrogens (primary N) is 1. The van der Waals surface area contributed by atoms with Crippen molar-refractivity contribution >= 4 is 40.5 Å². The fourth-order valence-corrected chi connectivity index (χ4v) is 2.18. The van der Waals surface area contributed by atoms with Gasteiger partial charge in [0, 0.05) is 17.6 Å². The van der Waals surface area contributed by atoms with E-state index in [9.17, 15) is 9.59 Å². The Hall–Kier alpha value is -3.50. The highest BCUT2D eigenvalue weighted by atomic mass is 35.5. The lowest BCUT2D eigenvalue weighted by atomic mass is 10.1. The minimum atomic E-state index is -0.920. The summed E-state index contributed by atoms with van der Waals surface area (Å²) in [6.07, 6.45) is 1.19. The van der Waals surface area contributed by atoms with Gasteiger partial charge in [0.25, 0.3) is 5.91 Å². The fourth-order valence-electron chi connectivity index (χ4n) is 2.00. The number of carboxylic acid groups (broad SMARTS) is 1. The Bertz CT molecular complexity index is 902. The maximum Gasteiger partial charge on any atom is 0.307 e. The van der Waals surface area contributed by atoms with E-state index in [1.165, 1.54) is 12.3 Å². The van der Waals surface area contributed by atoms with Gasteiger partial charge < -0.3 is 21.5 Å². The number of nitriles is 1. The molecule has 26 heavy (non-hydrogen) atoms. The second-order valence-electron chi connectivity index (χ2n) is 5.27. The van der Waals surface area contributed by atoms with E-state index in [2.05, 4.69) is 10.6 Å². The van der Waals surface area contributed by atoms with Crippen LogP contribution in [0.2, 0.25) is 5.02 Å². The maximum atomic E-state index is 12.2. The van der Waals surface area contributed by atoms with Gasteiger partial charge in [-0.15, -0.1) is 0 Å². The van der Waals surface area contributed by atoms with Crippen LogP contribution in [0, 0.1) is 11.3 Å². The zero-order valence-corrected chi connectivity index (χ0v) is 14.2. The van der Waals surface area contributed by atoms with Crippen LogP contribution in [-0.4, -0.2) is 17.0 Å². The van der Waals surface area contributed by atoms with Crippen LogP contribution >= 0.6 is 11.6 Å². The van der Waals surface area contributed by atoms with Gasteiger partial charge in [-0.05, 0) is 35.9 Å². The van der Waals surface area contributed by atoms with Crippen LogP contribution in [0.4, 0.5) is 17.1 Å². The second kappa shape index (κ2) is 8.55. The minimum absolute atomic E-state index is 0.0773. The Kier molecular flexibility index (Phi) is 6.20. The molecule has 5 N–H and O–H groups in total. The van der Waals surface area contributed by atoms with Crippen LogP contribution in [0.1, 0.15) is 5.56 Å². The number of rotatable bonds is 6. The molecule has 0 aliphatic heterocycles. The number of nitrogens with one attached hydrogen (secondary N) is 2. The first-order valence-corrected chi connectivity index (χ1v) is 7.80. The highest BCUT2D eigenvalue weighted by molar-refractivity contribution is 6.33. The van der Waals surface area contributed by atoms with Crippen molar-refractivity contribution in [1.29, 1.82) is 5.26 Å². The van der Waals surface area contributed by atoms with Crippen LogP contribution in [0.25, 0.3) is 0 Å². The van der Waals surface area contributed by atoms with E-state index in [4.69, 9.17) is 27.7 Å². The number of amides is 1. The van der Waals surface area contributed by atoms with E-state index in [0.717, 1.165) is 0 Å². The quantitative estimate of drug-likeness (QED) is 0.351. The molecule has 0 fully saturated rings. The smallest absolute Gasteiger partial charge is 0.307 e. The first kappa shape index (κ1) is 18.8. The van der Waals surface area contributed by atoms with Gasteiger partial charge in [-0.3, -0.25) is 9.59 Å². The molecule has 0 spiro atoms. The summed E-state index contributed by atoms with van der Waals surface area (Å²) in [5.41, 5.74) is 7.50. The summed E-state index contributed by atoms with van der Waals surface area (Å²) in [5.74, 6) is -1.53. The number of benzene rings is 2. The van der Waals surface area contributed by atoms with Gasteiger partial charge in [0.1, 0.15) is 11.6 Å². The van der Waals surface area contributed by atoms with E-state index in [-0.39, 0.29) is 12.0 Å². The van der Waals surface area contributed by atoms with Crippen LogP contribution in [0.3, 0.4) is 0 Å². The molecule has 0 heterocycles. The molecule has 0 atom stereocenters. The number of carbonyl (C=O) groups is 2. The van der Waals surface area contributed by atoms with Crippen molar-refractivity contribution in [3.05, 3.63) is 64.8 Å². The molecule has 0 saturated carbocycles. The highest BCUT2D eigenvalue weighted by Crippen LogP contribution is 2.22. The SMILES string of the molecule is N#C/C(=C/Nc1ccc(CC(=O)O)cc1)C(=O)Nc1ccc(N)c(Cl)c1. The standard InChI is InChI=1S/C18H15ClN4O3/c19-15-8-14(5-6-16(15)21)23-18(26)12(9-20)10-22-13-3-1-11(2-4-13)7-17(24)25/h1-6,8,10,22H,7,21H2,(H,23,26)(H,24,25)/b12-10-. The predicted molar refractivity (Wildman–Crippen MR) is 99.6 cm³/mol. The van der Waals surface area contributed by atoms with Gasteiger partial charge in [-0.2, -0.15) is 5.26 Å². The van der Waals surface area contributed by atoms with Crippen molar-refractivity contribution in [2.45, 2.75) is 6.42 Å². The van der Waals surface area contributed by atoms with Crippen molar-refractivity contribution < 1.29 is 14.7 Å². The zero-order valence-electron chi connectivity index (χ0n) is 13.5. The number of carboxylic acids is 1. The van der Waals surface area contributed by atoms with Gasteiger partial charge >= 0.3 is 5.97 Å². The zero-order chi connectivity index (χ0) is 19.1. The summed E-state index contributed by atoms with van der Waals surface area (Å²) in [7, 11) is 0. The van der Waals surface area contributed by atoms with E-state index >= 15 is 0 Å². The average molecular weight is 371 g/mol. The lowest BCUT2D eigenvalue weighted by Crippen LogP contribution is -2.14. The molecule has 2 aromatic rings. The predicted octanol–water partition coefficient (Wildman–Crippen LogP) is 3.01. The molecule has 132 valence electrons. The molecule has 0 unspecified atom stereocenters. The number of carbonyl (C=O) groups excluding carboxylic acids is 1. The highest BCUT2D eigenvalue weighted by Gasteiger charge is 2.10. The summed E-state index contributed by atoms with van der Waals surface area (Å²) in [5, 5.41) is 23.6. The Balaban J connectivity index is 2.04. The Morgan fingerprint density at radius 3 is 2.42 bits per heavy atom. The average Bonchev–Trinajstić information content (AvgIpc) is 2.59. The third-order valence-corrected chi connectivity index (χ3v) is 3.64. The van der Waals surface area contributed by atoms with E-state index < -0.39 is 11.9 Å². The number of halogens is 1. The van der Waals surface area contributed by atoms with Gasteiger partial charge in [0.15, 0.2) is 0 Å². The number of aliphatic carboxylic acids is 1. The second-order valence-corrected chi connectivity index (χ2v) is 5.68. The topological polar surface area (TPSA) is 128 Å². The van der Waals surface area contributed by atoms with Crippen molar-refractivity contribution in [2.24, 2.45) is 0 Å². The first-order chi connectivity index (χ1) is 12.4. The fraction of sp³-hybridized carbons (Fsp3) is 0.0556. The molecule has 1 amide bonds. The summed E-state index contributed by atoms with van der Waals surface area (Å²) >= 11 is 5.89. The van der Waals surface area contributed by atoms with Gasteiger partial charge in [0.2, 0.25) is 0 Å². The molecular weight excluding hydrogens is 356 g/mol.